The second-order valence-electron chi connectivity index (χ2n) is 4.48. The highest BCUT2D eigenvalue weighted by atomic mass is 35.5. The Morgan fingerprint density at radius 1 is 1.60 bits per heavy atom. The fourth-order valence-corrected chi connectivity index (χ4v) is 2.25. The van der Waals surface area contributed by atoms with Crippen LogP contribution in [0.1, 0.15) is 30.1 Å². The van der Waals surface area contributed by atoms with E-state index in [0.717, 1.165) is 11.0 Å². The SMILES string of the molecule is CNC(=O)CCn1c(C(C)Cl)nc2ccc(C#N)cc21. The van der Waals surface area contributed by atoms with Gasteiger partial charge in [-0.1, -0.05) is 0 Å². The number of imidazole rings is 1. The van der Waals surface area contributed by atoms with Crippen molar-refractivity contribution in [1.82, 2.24) is 14.9 Å². The van der Waals surface area contributed by atoms with E-state index in [1.807, 2.05) is 11.5 Å². The number of benzene rings is 1. The van der Waals surface area contributed by atoms with Crippen LogP contribution in [0.2, 0.25) is 0 Å². The first-order valence-corrected chi connectivity index (χ1v) is 6.75. The Morgan fingerprint density at radius 2 is 2.35 bits per heavy atom. The third kappa shape index (κ3) is 2.75. The third-order valence-electron chi connectivity index (χ3n) is 3.10. The van der Waals surface area contributed by atoms with E-state index >= 15 is 0 Å². The van der Waals surface area contributed by atoms with Gasteiger partial charge in [0, 0.05) is 20.0 Å². The molecule has 1 N–H and O–H groups in total. The second-order valence-corrected chi connectivity index (χ2v) is 5.13. The van der Waals surface area contributed by atoms with Crippen molar-refractivity contribution in [3.8, 4) is 6.07 Å². The molecule has 0 bridgehead atoms. The summed E-state index contributed by atoms with van der Waals surface area (Å²) in [4.78, 5) is 15.9. The molecule has 20 heavy (non-hydrogen) atoms. The molecule has 0 saturated heterocycles. The number of rotatable bonds is 4. The van der Waals surface area contributed by atoms with Crippen LogP contribution >= 0.6 is 11.6 Å². The lowest BCUT2D eigenvalue weighted by Crippen LogP contribution is -2.20. The predicted octanol–water partition coefficient (Wildman–Crippen LogP) is 2.34. The van der Waals surface area contributed by atoms with Gasteiger partial charge in [0.05, 0.1) is 28.0 Å². The predicted molar refractivity (Wildman–Crippen MR) is 77.4 cm³/mol. The van der Waals surface area contributed by atoms with Crippen molar-refractivity contribution in [3.63, 3.8) is 0 Å². The fourth-order valence-electron chi connectivity index (χ4n) is 2.09. The summed E-state index contributed by atoms with van der Waals surface area (Å²) in [5.41, 5.74) is 2.17. The van der Waals surface area contributed by atoms with Crippen LogP contribution in [-0.2, 0) is 11.3 Å². The van der Waals surface area contributed by atoms with E-state index in [2.05, 4.69) is 16.4 Å². The smallest absolute Gasteiger partial charge is 0.221 e. The minimum Gasteiger partial charge on any atom is -0.359 e. The zero-order chi connectivity index (χ0) is 14.7. The summed E-state index contributed by atoms with van der Waals surface area (Å²) in [6, 6.07) is 7.40. The van der Waals surface area contributed by atoms with E-state index in [1.165, 1.54) is 0 Å². The lowest BCUT2D eigenvalue weighted by atomic mass is 10.2. The summed E-state index contributed by atoms with van der Waals surface area (Å²) < 4.78 is 1.91. The Balaban J connectivity index is 2.49. The highest BCUT2D eigenvalue weighted by Gasteiger charge is 2.16. The molecule has 0 radical (unpaired) electrons. The maximum atomic E-state index is 11.4. The molecule has 1 atom stereocenters. The zero-order valence-corrected chi connectivity index (χ0v) is 12.1. The van der Waals surface area contributed by atoms with Crippen LogP contribution in [0.25, 0.3) is 11.0 Å². The van der Waals surface area contributed by atoms with Gasteiger partial charge in [-0.15, -0.1) is 11.6 Å². The van der Waals surface area contributed by atoms with Crippen LogP contribution in [-0.4, -0.2) is 22.5 Å². The topological polar surface area (TPSA) is 70.7 Å². The second kappa shape index (κ2) is 5.93. The molecule has 1 amide bonds. The summed E-state index contributed by atoms with van der Waals surface area (Å²) in [5, 5.41) is 11.3. The summed E-state index contributed by atoms with van der Waals surface area (Å²) in [7, 11) is 1.60. The van der Waals surface area contributed by atoms with Gasteiger partial charge in [-0.3, -0.25) is 4.79 Å². The minimum absolute atomic E-state index is 0.0449. The van der Waals surface area contributed by atoms with Crippen LogP contribution in [0.15, 0.2) is 18.2 Å². The van der Waals surface area contributed by atoms with Crippen LogP contribution in [0.4, 0.5) is 0 Å². The number of carbonyl (C=O) groups is 1. The number of hydrogen-bond donors (Lipinski definition) is 1. The molecule has 0 aliphatic rings. The molecule has 1 heterocycles. The maximum Gasteiger partial charge on any atom is 0.221 e. The van der Waals surface area contributed by atoms with Crippen LogP contribution < -0.4 is 5.32 Å². The highest BCUT2D eigenvalue weighted by Crippen LogP contribution is 2.25. The van der Waals surface area contributed by atoms with Crippen molar-refractivity contribution in [2.24, 2.45) is 0 Å². The quantitative estimate of drug-likeness (QED) is 0.879. The Hall–Kier alpha value is -2.06. The van der Waals surface area contributed by atoms with E-state index in [4.69, 9.17) is 16.9 Å². The van der Waals surface area contributed by atoms with Crippen molar-refractivity contribution in [2.45, 2.75) is 25.3 Å². The van der Waals surface area contributed by atoms with E-state index in [-0.39, 0.29) is 11.3 Å². The van der Waals surface area contributed by atoms with Crippen LogP contribution in [0, 0.1) is 11.3 Å². The number of aromatic nitrogens is 2. The molecule has 0 aliphatic carbocycles. The number of halogens is 1. The standard InChI is InChI=1S/C14H15ClN4O/c1-9(15)14-18-11-4-3-10(8-16)7-12(11)19(14)6-5-13(20)17-2/h3-4,7,9H,5-6H2,1-2H3,(H,17,20). The Labute approximate surface area is 122 Å². The largest absolute Gasteiger partial charge is 0.359 e. The first-order valence-electron chi connectivity index (χ1n) is 6.31. The molecule has 2 rings (SSSR count). The van der Waals surface area contributed by atoms with Crippen molar-refractivity contribution < 1.29 is 4.79 Å². The molecule has 0 saturated carbocycles. The number of nitrogens with zero attached hydrogens (tertiary/aromatic N) is 3. The average Bonchev–Trinajstić information content (AvgIpc) is 2.82. The number of hydrogen-bond acceptors (Lipinski definition) is 3. The number of aryl methyl sites for hydroxylation is 1. The Morgan fingerprint density at radius 3 is 2.95 bits per heavy atom. The lowest BCUT2D eigenvalue weighted by molar-refractivity contribution is -0.120. The fraction of sp³-hybridized carbons (Fsp3) is 0.357. The van der Waals surface area contributed by atoms with Crippen molar-refractivity contribution in [2.75, 3.05) is 7.05 Å². The minimum atomic E-state index is -0.266. The number of alkyl halides is 1. The van der Waals surface area contributed by atoms with E-state index in [9.17, 15) is 4.79 Å². The monoisotopic (exact) mass is 290 g/mol. The van der Waals surface area contributed by atoms with E-state index < -0.39 is 0 Å². The number of amides is 1. The summed E-state index contributed by atoms with van der Waals surface area (Å²) >= 11 is 6.15. The normalized spacial score (nSPS) is 12.1. The van der Waals surface area contributed by atoms with Gasteiger partial charge in [-0.05, 0) is 25.1 Å². The summed E-state index contributed by atoms with van der Waals surface area (Å²) in [5.74, 6) is 0.664. The molecule has 0 aliphatic heterocycles. The summed E-state index contributed by atoms with van der Waals surface area (Å²) in [6.45, 7) is 2.32. The number of nitrogens with one attached hydrogen (secondary N) is 1. The highest BCUT2D eigenvalue weighted by molar-refractivity contribution is 6.20. The first kappa shape index (κ1) is 14.4. The third-order valence-corrected chi connectivity index (χ3v) is 3.30. The molecule has 1 unspecified atom stereocenters. The van der Waals surface area contributed by atoms with Crippen LogP contribution in [0.5, 0.6) is 0 Å². The summed E-state index contributed by atoms with van der Waals surface area (Å²) in [6.07, 6.45) is 0.343. The molecule has 5 nitrogen and oxygen atoms in total. The first-order chi connectivity index (χ1) is 9.56. The molecule has 0 fully saturated rings. The maximum absolute atomic E-state index is 11.4. The average molecular weight is 291 g/mol. The number of carbonyl (C=O) groups excluding carboxylic acids is 1. The number of nitriles is 1. The van der Waals surface area contributed by atoms with Gasteiger partial charge in [-0.2, -0.15) is 5.26 Å². The molecule has 0 spiro atoms. The Bertz CT molecular complexity index is 684. The van der Waals surface area contributed by atoms with E-state index in [1.54, 1.807) is 25.2 Å². The van der Waals surface area contributed by atoms with Gasteiger partial charge in [0.2, 0.25) is 5.91 Å². The van der Waals surface area contributed by atoms with Gasteiger partial charge in [0.15, 0.2) is 0 Å². The lowest BCUT2D eigenvalue weighted by Gasteiger charge is -2.10. The molecular formula is C14H15ClN4O. The molecule has 1 aromatic carbocycles. The zero-order valence-electron chi connectivity index (χ0n) is 11.4. The molecule has 6 heteroatoms. The Kier molecular flexibility index (Phi) is 4.26. The molecular weight excluding hydrogens is 276 g/mol. The van der Waals surface area contributed by atoms with Crippen molar-refractivity contribution in [3.05, 3.63) is 29.6 Å². The molecule has 104 valence electrons. The van der Waals surface area contributed by atoms with E-state index in [0.29, 0.717) is 24.4 Å². The van der Waals surface area contributed by atoms with Gasteiger partial charge >= 0.3 is 0 Å². The van der Waals surface area contributed by atoms with Gasteiger partial charge in [0.1, 0.15) is 5.82 Å². The number of fused-ring (bicyclic) bond motifs is 1. The van der Waals surface area contributed by atoms with Crippen molar-refractivity contribution in [1.29, 1.82) is 5.26 Å². The van der Waals surface area contributed by atoms with Crippen LogP contribution in [0.3, 0.4) is 0 Å². The van der Waals surface area contributed by atoms with Gasteiger partial charge in [-0.25, -0.2) is 4.98 Å². The molecule has 2 aromatic rings. The van der Waals surface area contributed by atoms with Gasteiger partial charge < -0.3 is 9.88 Å². The van der Waals surface area contributed by atoms with Gasteiger partial charge in [0.25, 0.3) is 0 Å². The van der Waals surface area contributed by atoms with Crippen molar-refractivity contribution >= 4 is 28.5 Å². The molecule has 1 aromatic heterocycles.